The summed E-state index contributed by atoms with van der Waals surface area (Å²) in [6, 6.07) is 0.293. The van der Waals surface area contributed by atoms with Gasteiger partial charge < -0.3 is 15.0 Å². The number of hydrogen-bond acceptors (Lipinski definition) is 3. The summed E-state index contributed by atoms with van der Waals surface area (Å²) in [6.45, 7) is 10.9. The number of ether oxygens (including phenoxy) is 1. The quantitative estimate of drug-likeness (QED) is 0.808. The Balaban J connectivity index is 1.81. The molecular weight excluding hydrogens is 276 g/mol. The molecule has 2 rings (SSSR count). The number of amides is 1. The molecule has 2 aliphatic rings. The number of rotatable bonds is 6. The summed E-state index contributed by atoms with van der Waals surface area (Å²) < 4.78 is 5.56. The van der Waals surface area contributed by atoms with Crippen LogP contribution in [0.2, 0.25) is 0 Å². The van der Waals surface area contributed by atoms with Gasteiger partial charge in [-0.05, 0) is 64.7 Å². The lowest BCUT2D eigenvalue weighted by molar-refractivity contribution is 0.00985. The molecule has 0 radical (unpaired) electrons. The average Bonchev–Trinajstić information content (AvgIpc) is 3.18. The maximum Gasteiger partial charge on any atom is 0.410 e. The molecular formula is C18H34N2O2. The number of nitrogens with one attached hydrogen (secondary N) is 1. The lowest BCUT2D eigenvalue weighted by atomic mass is 9.99. The third kappa shape index (κ3) is 5.15. The van der Waals surface area contributed by atoms with E-state index in [1.807, 2.05) is 25.7 Å². The molecule has 0 aromatic carbocycles. The van der Waals surface area contributed by atoms with Crippen LogP contribution in [-0.2, 0) is 4.74 Å². The van der Waals surface area contributed by atoms with Gasteiger partial charge in [0.1, 0.15) is 5.60 Å². The van der Waals surface area contributed by atoms with Gasteiger partial charge in [0.25, 0.3) is 0 Å². The van der Waals surface area contributed by atoms with Gasteiger partial charge in [-0.15, -0.1) is 0 Å². The van der Waals surface area contributed by atoms with Crippen molar-refractivity contribution in [1.29, 1.82) is 0 Å². The van der Waals surface area contributed by atoms with Crippen LogP contribution in [0.15, 0.2) is 0 Å². The van der Waals surface area contributed by atoms with Gasteiger partial charge in [0, 0.05) is 25.7 Å². The van der Waals surface area contributed by atoms with Crippen molar-refractivity contribution in [3.8, 4) is 0 Å². The van der Waals surface area contributed by atoms with Gasteiger partial charge in [-0.2, -0.15) is 0 Å². The summed E-state index contributed by atoms with van der Waals surface area (Å²) in [7, 11) is 0. The van der Waals surface area contributed by atoms with Gasteiger partial charge in [-0.3, -0.25) is 0 Å². The van der Waals surface area contributed by atoms with E-state index in [9.17, 15) is 4.79 Å². The lowest BCUT2D eigenvalue weighted by Crippen LogP contribution is -2.50. The van der Waals surface area contributed by atoms with Crippen molar-refractivity contribution >= 4 is 6.09 Å². The molecule has 1 atom stereocenters. The second-order valence-corrected chi connectivity index (χ2v) is 8.20. The fourth-order valence-electron chi connectivity index (χ4n) is 3.50. The molecule has 0 aromatic heterocycles. The summed E-state index contributed by atoms with van der Waals surface area (Å²) in [4.78, 5) is 14.3. The minimum absolute atomic E-state index is 0.145. The Morgan fingerprint density at radius 1 is 1.32 bits per heavy atom. The zero-order chi connectivity index (χ0) is 16.2. The first-order valence-corrected chi connectivity index (χ1v) is 9.06. The normalized spacial score (nSPS) is 24.2. The molecule has 128 valence electrons. The van der Waals surface area contributed by atoms with E-state index in [1.54, 1.807) is 0 Å². The third-order valence-corrected chi connectivity index (χ3v) is 4.87. The van der Waals surface area contributed by atoms with E-state index in [4.69, 9.17) is 4.74 Å². The smallest absolute Gasteiger partial charge is 0.410 e. The van der Waals surface area contributed by atoms with Crippen molar-refractivity contribution in [2.75, 3.05) is 19.6 Å². The second-order valence-electron chi connectivity index (χ2n) is 8.20. The Kier molecular flexibility index (Phi) is 5.76. The highest BCUT2D eigenvalue weighted by Gasteiger charge is 2.41. The SMILES string of the molecule is CCCC1(CNCC2CCCCN2C(=O)OC(C)(C)C)CC1. The highest BCUT2D eigenvalue weighted by Crippen LogP contribution is 2.48. The standard InChI is InChI=1S/C18H34N2O2/c1-5-9-18(10-11-18)14-19-13-15-8-6-7-12-20(15)16(21)22-17(2,3)4/h15,19H,5-14H2,1-4H3. The van der Waals surface area contributed by atoms with E-state index in [-0.39, 0.29) is 6.09 Å². The number of carbonyl (C=O) groups is 1. The Bertz CT molecular complexity index is 372. The van der Waals surface area contributed by atoms with Gasteiger partial charge in [-0.1, -0.05) is 13.3 Å². The van der Waals surface area contributed by atoms with E-state index in [1.165, 1.54) is 32.1 Å². The number of carbonyl (C=O) groups excluding carboxylic acids is 1. The van der Waals surface area contributed by atoms with Gasteiger partial charge in [0.05, 0.1) is 0 Å². The van der Waals surface area contributed by atoms with Crippen LogP contribution in [0.3, 0.4) is 0 Å². The summed E-state index contributed by atoms with van der Waals surface area (Å²) in [6.07, 6.45) is 8.60. The highest BCUT2D eigenvalue weighted by molar-refractivity contribution is 5.68. The molecule has 0 aromatic rings. The van der Waals surface area contributed by atoms with Crippen molar-refractivity contribution in [3.63, 3.8) is 0 Å². The molecule has 4 heteroatoms. The molecule has 0 spiro atoms. The molecule has 4 nitrogen and oxygen atoms in total. The van der Waals surface area contributed by atoms with Crippen molar-refractivity contribution in [2.24, 2.45) is 5.41 Å². The molecule has 1 aliphatic heterocycles. The van der Waals surface area contributed by atoms with E-state index < -0.39 is 5.60 Å². The molecule has 1 heterocycles. The van der Waals surface area contributed by atoms with Crippen LogP contribution in [0, 0.1) is 5.41 Å². The first kappa shape index (κ1) is 17.6. The van der Waals surface area contributed by atoms with Crippen LogP contribution in [0.4, 0.5) is 4.79 Å². The van der Waals surface area contributed by atoms with Crippen LogP contribution in [-0.4, -0.2) is 42.3 Å². The molecule has 0 bridgehead atoms. The summed E-state index contributed by atoms with van der Waals surface area (Å²) in [5, 5.41) is 3.64. The van der Waals surface area contributed by atoms with E-state index in [0.29, 0.717) is 11.5 Å². The summed E-state index contributed by atoms with van der Waals surface area (Å²) in [5.74, 6) is 0. The fourth-order valence-corrected chi connectivity index (χ4v) is 3.50. The van der Waals surface area contributed by atoms with Crippen LogP contribution in [0.5, 0.6) is 0 Å². The molecule has 1 unspecified atom stereocenters. The predicted octanol–water partition coefficient (Wildman–Crippen LogP) is 3.95. The molecule has 1 saturated heterocycles. The minimum atomic E-state index is -0.411. The van der Waals surface area contributed by atoms with E-state index in [2.05, 4.69) is 12.2 Å². The predicted molar refractivity (Wildman–Crippen MR) is 90.0 cm³/mol. The Morgan fingerprint density at radius 3 is 2.64 bits per heavy atom. The minimum Gasteiger partial charge on any atom is -0.444 e. The zero-order valence-electron chi connectivity index (χ0n) is 14.9. The molecule has 1 N–H and O–H groups in total. The largest absolute Gasteiger partial charge is 0.444 e. The Hall–Kier alpha value is -0.770. The Morgan fingerprint density at radius 2 is 2.05 bits per heavy atom. The van der Waals surface area contributed by atoms with E-state index in [0.717, 1.165) is 32.5 Å². The topological polar surface area (TPSA) is 41.6 Å². The third-order valence-electron chi connectivity index (χ3n) is 4.87. The molecule has 1 aliphatic carbocycles. The lowest BCUT2D eigenvalue weighted by Gasteiger charge is -2.37. The molecule has 1 saturated carbocycles. The summed E-state index contributed by atoms with van der Waals surface area (Å²) in [5.41, 5.74) is 0.159. The Labute approximate surface area is 136 Å². The van der Waals surface area contributed by atoms with Gasteiger partial charge in [-0.25, -0.2) is 4.79 Å². The maximum absolute atomic E-state index is 12.4. The monoisotopic (exact) mass is 310 g/mol. The first-order chi connectivity index (χ1) is 10.4. The van der Waals surface area contributed by atoms with Crippen molar-refractivity contribution < 1.29 is 9.53 Å². The van der Waals surface area contributed by atoms with Gasteiger partial charge in [0.2, 0.25) is 0 Å². The second kappa shape index (κ2) is 7.20. The van der Waals surface area contributed by atoms with Gasteiger partial charge >= 0.3 is 6.09 Å². The van der Waals surface area contributed by atoms with E-state index >= 15 is 0 Å². The van der Waals surface area contributed by atoms with Crippen LogP contribution < -0.4 is 5.32 Å². The number of hydrogen-bond donors (Lipinski definition) is 1. The maximum atomic E-state index is 12.4. The number of piperidine rings is 1. The van der Waals surface area contributed by atoms with Crippen molar-refractivity contribution in [2.45, 2.75) is 84.3 Å². The van der Waals surface area contributed by atoms with Crippen molar-refractivity contribution in [3.05, 3.63) is 0 Å². The summed E-state index contributed by atoms with van der Waals surface area (Å²) >= 11 is 0. The van der Waals surface area contributed by atoms with Crippen LogP contribution in [0.25, 0.3) is 0 Å². The molecule has 2 fully saturated rings. The van der Waals surface area contributed by atoms with Crippen molar-refractivity contribution in [1.82, 2.24) is 10.2 Å². The number of likely N-dealkylation sites (tertiary alicyclic amines) is 1. The first-order valence-electron chi connectivity index (χ1n) is 9.06. The molecule has 22 heavy (non-hydrogen) atoms. The van der Waals surface area contributed by atoms with Crippen LogP contribution in [0.1, 0.15) is 72.6 Å². The van der Waals surface area contributed by atoms with Crippen LogP contribution >= 0.6 is 0 Å². The number of nitrogens with zero attached hydrogens (tertiary/aromatic N) is 1. The average molecular weight is 310 g/mol. The zero-order valence-corrected chi connectivity index (χ0v) is 14.9. The fraction of sp³-hybridized carbons (Fsp3) is 0.944. The molecule has 1 amide bonds. The van der Waals surface area contributed by atoms with Gasteiger partial charge in [0.15, 0.2) is 0 Å². The highest BCUT2D eigenvalue weighted by atomic mass is 16.6.